The highest BCUT2D eigenvalue weighted by atomic mass is 19.4. The first-order valence-electron chi connectivity index (χ1n) is 11.2. The second kappa shape index (κ2) is 9.05. The van der Waals surface area contributed by atoms with Gasteiger partial charge in [0.05, 0.1) is 12.0 Å². The van der Waals surface area contributed by atoms with Gasteiger partial charge in [0.25, 0.3) is 5.54 Å². The van der Waals surface area contributed by atoms with Gasteiger partial charge in [0.2, 0.25) is 0 Å². The summed E-state index contributed by atoms with van der Waals surface area (Å²) in [6, 6.07) is 11.1. The molecule has 4 aromatic rings. The Morgan fingerprint density at radius 3 is 2.65 bits per heavy atom. The van der Waals surface area contributed by atoms with Crippen LogP contribution in [-0.2, 0) is 24.7 Å². The van der Waals surface area contributed by atoms with Crippen molar-refractivity contribution in [1.82, 2.24) is 9.72 Å². The zero-order valence-corrected chi connectivity index (χ0v) is 19.4. The van der Waals surface area contributed by atoms with Gasteiger partial charge in [-0.2, -0.15) is 13.2 Å². The van der Waals surface area contributed by atoms with Gasteiger partial charge in [0, 0.05) is 48.6 Å². The van der Waals surface area contributed by atoms with Gasteiger partial charge in [-0.3, -0.25) is 0 Å². The summed E-state index contributed by atoms with van der Waals surface area (Å²) in [5.41, 5.74) is 1.25. The van der Waals surface area contributed by atoms with Gasteiger partial charge in [-0.15, -0.1) is 0 Å². The quantitative estimate of drug-likeness (QED) is 0.200. The van der Waals surface area contributed by atoms with Crippen molar-refractivity contribution < 1.29 is 22.4 Å². The topological polar surface area (TPSA) is 44.5 Å². The first-order chi connectivity index (χ1) is 16.2. The second-order valence-corrected chi connectivity index (χ2v) is 8.85. The van der Waals surface area contributed by atoms with Gasteiger partial charge in [-0.05, 0) is 49.2 Å². The summed E-state index contributed by atoms with van der Waals surface area (Å²) in [6.45, 7) is 14.3. The fraction of sp³-hybridized carbons (Fsp3) is 0.385. The molecule has 0 fully saturated rings. The van der Waals surface area contributed by atoms with Gasteiger partial charge in [-0.25, -0.2) is 6.57 Å². The SMILES string of the molecule is [C-]#[N+]C(C)(C)c1ccc2c(ccn2CCCOc2ccc3c(C(F)(F)F)noc3c2CCC)c1. The van der Waals surface area contributed by atoms with E-state index >= 15 is 0 Å². The van der Waals surface area contributed by atoms with Crippen molar-refractivity contribution in [2.45, 2.75) is 58.3 Å². The summed E-state index contributed by atoms with van der Waals surface area (Å²) in [4.78, 5) is 3.71. The first-order valence-corrected chi connectivity index (χ1v) is 11.2. The van der Waals surface area contributed by atoms with Crippen LogP contribution in [0.5, 0.6) is 5.75 Å². The zero-order chi connectivity index (χ0) is 24.5. The number of rotatable bonds is 8. The molecule has 4 rings (SSSR count). The molecular formula is C26H26F3N3O2. The van der Waals surface area contributed by atoms with Gasteiger partial charge in [0.1, 0.15) is 5.75 Å². The van der Waals surface area contributed by atoms with Crippen LogP contribution >= 0.6 is 0 Å². The van der Waals surface area contributed by atoms with Gasteiger partial charge in [-0.1, -0.05) is 18.5 Å². The second-order valence-electron chi connectivity index (χ2n) is 8.85. The average Bonchev–Trinajstić information content (AvgIpc) is 3.42. The Balaban J connectivity index is 1.46. The monoisotopic (exact) mass is 469 g/mol. The van der Waals surface area contributed by atoms with Crippen LogP contribution in [0.1, 0.15) is 50.4 Å². The van der Waals surface area contributed by atoms with Crippen molar-refractivity contribution in [3.8, 4) is 5.75 Å². The Morgan fingerprint density at radius 1 is 1.15 bits per heavy atom. The summed E-state index contributed by atoms with van der Waals surface area (Å²) >= 11 is 0. The third kappa shape index (κ3) is 4.47. The van der Waals surface area contributed by atoms with Crippen molar-refractivity contribution in [1.29, 1.82) is 0 Å². The molecule has 0 aliphatic heterocycles. The van der Waals surface area contributed by atoms with Crippen LogP contribution in [0.25, 0.3) is 26.7 Å². The first kappa shape index (κ1) is 23.7. The Morgan fingerprint density at radius 2 is 1.94 bits per heavy atom. The minimum absolute atomic E-state index is 0.0390. The highest BCUT2D eigenvalue weighted by molar-refractivity contribution is 5.85. The Bertz CT molecular complexity index is 1360. The molecule has 0 N–H and O–H groups in total. The molecule has 178 valence electrons. The van der Waals surface area contributed by atoms with Crippen molar-refractivity contribution in [3.63, 3.8) is 0 Å². The summed E-state index contributed by atoms with van der Waals surface area (Å²) in [6.07, 6.45) is -0.569. The van der Waals surface area contributed by atoms with Gasteiger partial charge < -0.3 is 18.7 Å². The molecule has 0 saturated carbocycles. The Labute approximate surface area is 195 Å². The molecule has 0 aliphatic carbocycles. The van der Waals surface area contributed by atoms with Gasteiger partial charge >= 0.3 is 6.18 Å². The molecule has 2 aromatic carbocycles. The van der Waals surface area contributed by atoms with Gasteiger partial charge in [0.15, 0.2) is 11.3 Å². The fourth-order valence-corrected chi connectivity index (χ4v) is 4.12. The number of aryl methyl sites for hydroxylation is 2. The maximum Gasteiger partial charge on any atom is 0.437 e. The van der Waals surface area contributed by atoms with Crippen LogP contribution in [-0.4, -0.2) is 16.3 Å². The van der Waals surface area contributed by atoms with Crippen molar-refractivity contribution >= 4 is 21.9 Å². The summed E-state index contributed by atoms with van der Waals surface area (Å²) in [5, 5.41) is 4.30. The summed E-state index contributed by atoms with van der Waals surface area (Å²) in [7, 11) is 0. The number of fused-ring (bicyclic) bond motifs is 2. The molecule has 34 heavy (non-hydrogen) atoms. The van der Waals surface area contributed by atoms with E-state index in [0.29, 0.717) is 30.8 Å². The average molecular weight is 470 g/mol. The van der Waals surface area contributed by atoms with Crippen LogP contribution in [0.4, 0.5) is 13.2 Å². The molecule has 0 radical (unpaired) electrons. The smallest absolute Gasteiger partial charge is 0.437 e. The van der Waals surface area contributed by atoms with Crippen LogP contribution in [0, 0.1) is 6.57 Å². The third-order valence-electron chi connectivity index (χ3n) is 6.03. The Kier molecular flexibility index (Phi) is 6.30. The van der Waals surface area contributed by atoms with E-state index in [4.69, 9.17) is 15.8 Å². The van der Waals surface area contributed by atoms with E-state index < -0.39 is 17.4 Å². The molecule has 0 aliphatic rings. The lowest BCUT2D eigenvalue weighted by molar-refractivity contribution is -0.141. The minimum Gasteiger partial charge on any atom is -0.493 e. The molecule has 2 aromatic heterocycles. The van der Waals surface area contributed by atoms with E-state index in [1.165, 1.54) is 6.07 Å². The van der Waals surface area contributed by atoms with E-state index in [1.54, 1.807) is 6.07 Å². The molecular weight excluding hydrogens is 443 g/mol. The molecule has 2 heterocycles. The van der Waals surface area contributed by atoms with Crippen LogP contribution in [0.3, 0.4) is 0 Å². The number of hydrogen-bond acceptors (Lipinski definition) is 3. The minimum atomic E-state index is -4.57. The third-order valence-corrected chi connectivity index (χ3v) is 6.03. The number of ether oxygens (including phenoxy) is 1. The number of aromatic nitrogens is 2. The standard InChI is InChI=1S/C26H26F3N3O2/c1-5-7-19-22(11-9-20-23(19)34-31-24(20)26(27,28)29)33-15-6-13-32-14-12-17-16-18(8-10-21(17)32)25(2,3)30-4/h8-12,14,16H,5-7,13,15H2,1-3H3. The molecule has 0 spiro atoms. The predicted molar refractivity (Wildman–Crippen MR) is 125 cm³/mol. The lowest BCUT2D eigenvalue weighted by Crippen LogP contribution is -2.10. The highest BCUT2D eigenvalue weighted by Gasteiger charge is 2.37. The zero-order valence-electron chi connectivity index (χ0n) is 19.4. The maximum absolute atomic E-state index is 13.2. The number of hydrogen-bond donors (Lipinski definition) is 0. The molecule has 0 saturated heterocycles. The predicted octanol–water partition coefficient (Wildman–Crippen LogP) is 7.38. The van der Waals surface area contributed by atoms with Crippen LogP contribution < -0.4 is 4.74 Å². The fourth-order valence-electron chi connectivity index (χ4n) is 4.12. The van der Waals surface area contributed by atoms with E-state index in [-0.39, 0.29) is 11.0 Å². The normalized spacial score (nSPS) is 12.4. The maximum atomic E-state index is 13.2. The van der Waals surface area contributed by atoms with E-state index in [9.17, 15) is 13.2 Å². The lowest BCUT2D eigenvalue weighted by atomic mass is 9.94. The number of nitrogens with zero attached hydrogens (tertiary/aromatic N) is 3. The largest absolute Gasteiger partial charge is 0.493 e. The van der Waals surface area contributed by atoms with E-state index in [0.717, 1.165) is 29.4 Å². The number of halogens is 3. The molecule has 0 atom stereocenters. The molecule has 5 nitrogen and oxygen atoms in total. The van der Waals surface area contributed by atoms with E-state index in [1.807, 2.05) is 45.2 Å². The number of benzene rings is 2. The van der Waals surface area contributed by atoms with E-state index in [2.05, 4.69) is 20.6 Å². The lowest BCUT2D eigenvalue weighted by Gasteiger charge is -2.13. The summed E-state index contributed by atoms with van der Waals surface area (Å²) in [5.74, 6) is 0.530. The van der Waals surface area contributed by atoms with Crippen LogP contribution in [0.2, 0.25) is 0 Å². The summed E-state index contributed by atoms with van der Waals surface area (Å²) < 4.78 is 52.8. The molecule has 0 bridgehead atoms. The van der Waals surface area contributed by atoms with Crippen molar-refractivity contribution in [3.05, 3.63) is 70.8 Å². The molecule has 0 unspecified atom stereocenters. The molecule has 8 heteroatoms. The molecule has 0 amide bonds. The van der Waals surface area contributed by atoms with Crippen LogP contribution in [0.15, 0.2) is 47.1 Å². The highest BCUT2D eigenvalue weighted by Crippen LogP contribution is 2.38. The number of alkyl halides is 3. The Hall–Kier alpha value is -3.47. The van der Waals surface area contributed by atoms with Crippen molar-refractivity contribution in [2.24, 2.45) is 0 Å². The van der Waals surface area contributed by atoms with Crippen molar-refractivity contribution in [2.75, 3.05) is 6.61 Å².